The van der Waals surface area contributed by atoms with Crippen LogP contribution in [-0.2, 0) is 4.74 Å². The molecule has 12 heavy (non-hydrogen) atoms. The third-order valence-electron chi connectivity index (χ3n) is 1.35. The van der Waals surface area contributed by atoms with Crippen LogP contribution in [0.2, 0.25) is 0 Å². The van der Waals surface area contributed by atoms with E-state index < -0.39 is 0 Å². The van der Waals surface area contributed by atoms with Crippen LogP contribution in [0.4, 0.5) is 0 Å². The molecule has 0 aromatic heterocycles. The molecule has 0 saturated carbocycles. The van der Waals surface area contributed by atoms with Gasteiger partial charge in [0.2, 0.25) is 0 Å². The van der Waals surface area contributed by atoms with Gasteiger partial charge < -0.3 is 4.74 Å². The van der Waals surface area contributed by atoms with Crippen molar-refractivity contribution in [1.29, 1.82) is 0 Å². The van der Waals surface area contributed by atoms with E-state index in [1.165, 1.54) is 6.42 Å². The largest absolute Gasteiger partial charge is 0.369 e. The Kier molecular flexibility index (Phi) is 11.0. The number of ether oxygens (including phenoxy) is 1. The highest BCUT2D eigenvalue weighted by atomic mass is 79.9. The second-order valence-electron chi connectivity index (χ2n) is 2.55. The molecule has 0 unspecified atom stereocenters. The minimum absolute atomic E-state index is 0.599. The Morgan fingerprint density at radius 1 is 1.25 bits per heavy atom. The third-order valence-corrected chi connectivity index (χ3v) is 1.91. The predicted octanol–water partition coefficient (Wildman–Crippen LogP) is 2.98. The molecule has 0 fully saturated rings. The molecule has 0 aromatic rings. The van der Waals surface area contributed by atoms with E-state index in [1.54, 1.807) is 0 Å². The van der Waals surface area contributed by atoms with E-state index >= 15 is 0 Å². The van der Waals surface area contributed by atoms with Crippen molar-refractivity contribution in [3.8, 4) is 11.8 Å². The van der Waals surface area contributed by atoms with Crippen LogP contribution >= 0.6 is 15.9 Å². The number of hydrogen-bond donors (Lipinski definition) is 0. The first-order valence-corrected chi connectivity index (χ1v) is 5.63. The summed E-state index contributed by atoms with van der Waals surface area (Å²) >= 11 is 3.37. The van der Waals surface area contributed by atoms with Gasteiger partial charge in [0.1, 0.15) is 6.61 Å². The van der Waals surface area contributed by atoms with Crippen molar-refractivity contribution in [3.05, 3.63) is 0 Å². The van der Waals surface area contributed by atoms with Crippen LogP contribution in [0.25, 0.3) is 0 Å². The SMILES string of the molecule is CCCC#CCOCCCCBr. The highest BCUT2D eigenvalue weighted by Crippen LogP contribution is 1.93. The van der Waals surface area contributed by atoms with E-state index in [-0.39, 0.29) is 0 Å². The quantitative estimate of drug-likeness (QED) is 0.389. The second-order valence-corrected chi connectivity index (χ2v) is 3.35. The molecule has 0 radical (unpaired) electrons. The molecule has 2 heteroatoms. The standard InChI is InChI=1S/C10H17BrO/c1-2-3-4-6-9-12-10-7-5-8-11/h2-3,5,7-10H2,1H3. The lowest BCUT2D eigenvalue weighted by Crippen LogP contribution is -1.94. The van der Waals surface area contributed by atoms with Crippen LogP contribution in [0.1, 0.15) is 32.6 Å². The number of hydrogen-bond acceptors (Lipinski definition) is 1. The molecule has 0 N–H and O–H groups in total. The molecular weight excluding hydrogens is 216 g/mol. The summed E-state index contributed by atoms with van der Waals surface area (Å²) in [5.41, 5.74) is 0. The maximum atomic E-state index is 5.29. The monoisotopic (exact) mass is 232 g/mol. The van der Waals surface area contributed by atoms with Crippen molar-refractivity contribution in [1.82, 2.24) is 0 Å². The zero-order chi connectivity index (χ0) is 9.07. The van der Waals surface area contributed by atoms with Crippen LogP contribution in [0, 0.1) is 11.8 Å². The molecule has 0 aromatic carbocycles. The summed E-state index contributed by atoms with van der Waals surface area (Å²) < 4.78 is 5.29. The van der Waals surface area contributed by atoms with Gasteiger partial charge in [-0.2, -0.15) is 0 Å². The number of unbranched alkanes of at least 4 members (excludes halogenated alkanes) is 2. The van der Waals surface area contributed by atoms with Gasteiger partial charge in [0, 0.05) is 18.4 Å². The average molecular weight is 233 g/mol. The van der Waals surface area contributed by atoms with E-state index in [2.05, 4.69) is 34.7 Å². The minimum atomic E-state index is 0.599. The van der Waals surface area contributed by atoms with Gasteiger partial charge in [-0.25, -0.2) is 0 Å². The van der Waals surface area contributed by atoms with Crippen molar-refractivity contribution in [2.24, 2.45) is 0 Å². The number of rotatable bonds is 6. The Labute approximate surface area is 84.0 Å². The molecule has 0 saturated heterocycles. The zero-order valence-electron chi connectivity index (χ0n) is 7.74. The first kappa shape index (κ1) is 12.0. The molecule has 0 atom stereocenters. The van der Waals surface area contributed by atoms with Gasteiger partial charge in [0.05, 0.1) is 0 Å². The van der Waals surface area contributed by atoms with Gasteiger partial charge in [-0.3, -0.25) is 0 Å². The van der Waals surface area contributed by atoms with Crippen molar-refractivity contribution < 1.29 is 4.74 Å². The maximum absolute atomic E-state index is 5.29. The first-order valence-electron chi connectivity index (χ1n) is 4.51. The molecule has 0 bridgehead atoms. The zero-order valence-corrected chi connectivity index (χ0v) is 9.32. The summed E-state index contributed by atoms with van der Waals surface area (Å²) in [5, 5.41) is 1.07. The van der Waals surface area contributed by atoms with Crippen LogP contribution in [-0.4, -0.2) is 18.5 Å². The lowest BCUT2D eigenvalue weighted by Gasteiger charge is -1.96. The molecule has 0 aliphatic heterocycles. The fourth-order valence-electron chi connectivity index (χ4n) is 0.686. The Bertz CT molecular complexity index is 135. The number of halogens is 1. The summed E-state index contributed by atoms with van der Waals surface area (Å²) in [5.74, 6) is 6.02. The molecule has 1 nitrogen and oxygen atoms in total. The Morgan fingerprint density at radius 2 is 2.08 bits per heavy atom. The first-order chi connectivity index (χ1) is 5.91. The summed E-state index contributed by atoms with van der Waals surface area (Å²) in [6, 6.07) is 0. The Hall–Kier alpha value is 0. The molecule has 0 aliphatic rings. The summed E-state index contributed by atoms with van der Waals surface area (Å²) in [4.78, 5) is 0. The summed E-state index contributed by atoms with van der Waals surface area (Å²) in [6.07, 6.45) is 4.43. The van der Waals surface area contributed by atoms with Crippen molar-refractivity contribution in [2.45, 2.75) is 32.6 Å². The normalized spacial score (nSPS) is 9.17. The van der Waals surface area contributed by atoms with Gasteiger partial charge in [-0.15, -0.1) is 5.92 Å². The topological polar surface area (TPSA) is 9.23 Å². The fraction of sp³-hybridized carbons (Fsp3) is 0.800. The second kappa shape index (κ2) is 11.0. The van der Waals surface area contributed by atoms with Gasteiger partial charge in [0.25, 0.3) is 0 Å². The lowest BCUT2D eigenvalue weighted by atomic mass is 10.3. The van der Waals surface area contributed by atoms with Crippen LogP contribution in [0.5, 0.6) is 0 Å². The Morgan fingerprint density at radius 3 is 2.75 bits per heavy atom. The van der Waals surface area contributed by atoms with Gasteiger partial charge >= 0.3 is 0 Å². The van der Waals surface area contributed by atoms with Crippen LogP contribution in [0.3, 0.4) is 0 Å². The highest BCUT2D eigenvalue weighted by molar-refractivity contribution is 9.09. The predicted molar refractivity (Wildman–Crippen MR) is 56.5 cm³/mol. The summed E-state index contributed by atoms with van der Waals surface area (Å²) in [7, 11) is 0. The molecule has 70 valence electrons. The van der Waals surface area contributed by atoms with E-state index in [1.807, 2.05) is 0 Å². The van der Waals surface area contributed by atoms with E-state index in [0.29, 0.717) is 6.61 Å². The molecule has 0 amide bonds. The lowest BCUT2D eigenvalue weighted by molar-refractivity contribution is 0.164. The Balaban J connectivity index is 2.96. The van der Waals surface area contributed by atoms with E-state index in [9.17, 15) is 0 Å². The maximum Gasteiger partial charge on any atom is 0.107 e. The van der Waals surface area contributed by atoms with Gasteiger partial charge in [-0.05, 0) is 19.3 Å². The smallest absolute Gasteiger partial charge is 0.107 e. The summed E-state index contributed by atoms with van der Waals surface area (Å²) in [6.45, 7) is 3.57. The number of alkyl halides is 1. The molecule has 0 rings (SSSR count). The van der Waals surface area contributed by atoms with E-state index in [0.717, 1.165) is 31.2 Å². The molecule has 0 aliphatic carbocycles. The molecule has 0 heterocycles. The average Bonchev–Trinajstić information content (AvgIpc) is 2.10. The minimum Gasteiger partial charge on any atom is -0.369 e. The third kappa shape index (κ3) is 10.0. The van der Waals surface area contributed by atoms with Crippen molar-refractivity contribution in [3.63, 3.8) is 0 Å². The van der Waals surface area contributed by atoms with Crippen molar-refractivity contribution >= 4 is 15.9 Å². The molecular formula is C10H17BrO. The van der Waals surface area contributed by atoms with E-state index in [4.69, 9.17) is 4.74 Å². The van der Waals surface area contributed by atoms with Crippen LogP contribution < -0.4 is 0 Å². The van der Waals surface area contributed by atoms with Gasteiger partial charge in [-0.1, -0.05) is 28.8 Å². The van der Waals surface area contributed by atoms with Crippen molar-refractivity contribution in [2.75, 3.05) is 18.5 Å². The fourth-order valence-corrected chi connectivity index (χ4v) is 1.08. The van der Waals surface area contributed by atoms with Crippen LogP contribution in [0.15, 0.2) is 0 Å². The van der Waals surface area contributed by atoms with Gasteiger partial charge in [0.15, 0.2) is 0 Å². The highest BCUT2D eigenvalue weighted by Gasteiger charge is 1.85. The molecule has 0 spiro atoms.